The van der Waals surface area contributed by atoms with Crippen molar-refractivity contribution in [1.29, 1.82) is 0 Å². The molecule has 0 fully saturated rings. The Morgan fingerprint density at radius 2 is 2.15 bits per heavy atom. The van der Waals surface area contributed by atoms with Gasteiger partial charge in [-0.15, -0.1) is 0 Å². The zero-order chi connectivity index (χ0) is 15.3. The van der Waals surface area contributed by atoms with Crippen molar-refractivity contribution in [3.63, 3.8) is 0 Å². The second-order valence-corrected chi connectivity index (χ2v) is 5.35. The number of carbonyl (C=O) groups is 1. The molecular weight excluding hydrogens is 258 g/mol. The van der Waals surface area contributed by atoms with Gasteiger partial charge >= 0.3 is 5.97 Å². The molecule has 1 unspecified atom stereocenters. The molecule has 1 aromatic heterocycles. The molecule has 0 amide bonds. The smallest absolute Gasteiger partial charge is 0.329 e. The van der Waals surface area contributed by atoms with Crippen molar-refractivity contribution in [2.75, 3.05) is 5.32 Å². The highest BCUT2D eigenvalue weighted by molar-refractivity contribution is 5.81. The van der Waals surface area contributed by atoms with Crippen molar-refractivity contribution in [3.05, 3.63) is 11.8 Å². The number of aliphatic carboxylic acids is 1. The summed E-state index contributed by atoms with van der Waals surface area (Å²) in [6, 6.07) is 1.73. The molecule has 1 rings (SSSR count). The van der Waals surface area contributed by atoms with Gasteiger partial charge < -0.3 is 15.2 Å². The number of hydrogen-bond donors (Lipinski definition) is 2. The van der Waals surface area contributed by atoms with Crippen LogP contribution in [-0.4, -0.2) is 32.7 Å². The second kappa shape index (κ2) is 6.54. The molecule has 0 aliphatic heterocycles. The number of aryl methyl sites for hydroxylation is 1. The summed E-state index contributed by atoms with van der Waals surface area (Å²) in [5.74, 6) is -0.200. The van der Waals surface area contributed by atoms with Crippen molar-refractivity contribution in [2.24, 2.45) is 0 Å². The average Bonchev–Trinajstić information content (AvgIpc) is 2.26. The number of carboxylic acids is 1. The van der Waals surface area contributed by atoms with Gasteiger partial charge in [0.25, 0.3) is 0 Å². The lowest BCUT2D eigenvalue weighted by atomic mass is 9.97. The summed E-state index contributed by atoms with van der Waals surface area (Å²) in [5.41, 5.74) is -0.361. The number of ether oxygens (including phenoxy) is 1. The molecule has 0 aromatic carbocycles. The van der Waals surface area contributed by atoms with E-state index in [1.165, 1.54) is 0 Å². The Hall–Kier alpha value is -1.85. The van der Waals surface area contributed by atoms with E-state index in [4.69, 9.17) is 4.74 Å². The lowest BCUT2D eigenvalue weighted by molar-refractivity contribution is -0.142. The predicted molar refractivity (Wildman–Crippen MR) is 77.1 cm³/mol. The van der Waals surface area contributed by atoms with Gasteiger partial charge in [0.1, 0.15) is 5.54 Å². The lowest BCUT2D eigenvalue weighted by Gasteiger charge is -2.26. The molecule has 0 radical (unpaired) electrons. The van der Waals surface area contributed by atoms with Gasteiger partial charge in [0, 0.05) is 11.8 Å². The maximum Gasteiger partial charge on any atom is 0.329 e. The van der Waals surface area contributed by atoms with Gasteiger partial charge in [-0.25, -0.2) is 9.78 Å². The van der Waals surface area contributed by atoms with E-state index in [1.807, 2.05) is 27.7 Å². The first-order valence-electron chi connectivity index (χ1n) is 6.80. The van der Waals surface area contributed by atoms with E-state index in [2.05, 4.69) is 15.3 Å². The Kier molecular flexibility index (Phi) is 5.30. The van der Waals surface area contributed by atoms with Crippen molar-refractivity contribution in [1.82, 2.24) is 9.97 Å². The molecule has 6 heteroatoms. The fraction of sp³-hybridized carbons (Fsp3) is 0.643. The van der Waals surface area contributed by atoms with Crippen LogP contribution in [-0.2, 0) is 4.79 Å². The standard InChI is InChI=1S/C14H23N3O3/c1-6-7-14(5,12(18)19)17-13-15-10(4)8-11(16-13)20-9(2)3/h8-9H,6-7H2,1-5H3,(H,18,19)(H,15,16,17). The number of anilines is 1. The Morgan fingerprint density at radius 3 is 2.65 bits per heavy atom. The highest BCUT2D eigenvalue weighted by atomic mass is 16.5. The summed E-state index contributed by atoms with van der Waals surface area (Å²) in [7, 11) is 0. The summed E-state index contributed by atoms with van der Waals surface area (Å²) in [6.07, 6.45) is 1.23. The van der Waals surface area contributed by atoms with E-state index < -0.39 is 11.5 Å². The van der Waals surface area contributed by atoms with E-state index in [1.54, 1.807) is 13.0 Å². The lowest BCUT2D eigenvalue weighted by Crippen LogP contribution is -2.43. The van der Waals surface area contributed by atoms with Crippen molar-refractivity contribution >= 4 is 11.9 Å². The van der Waals surface area contributed by atoms with Crippen LogP contribution in [0.3, 0.4) is 0 Å². The van der Waals surface area contributed by atoms with Gasteiger partial charge in [-0.05, 0) is 34.1 Å². The molecule has 112 valence electrons. The van der Waals surface area contributed by atoms with Crippen molar-refractivity contribution in [3.8, 4) is 5.88 Å². The zero-order valence-corrected chi connectivity index (χ0v) is 12.7. The molecule has 0 aliphatic carbocycles. The van der Waals surface area contributed by atoms with Crippen LogP contribution in [0, 0.1) is 6.92 Å². The molecule has 0 bridgehead atoms. The van der Waals surface area contributed by atoms with Crippen LogP contribution in [0.25, 0.3) is 0 Å². The van der Waals surface area contributed by atoms with Crippen LogP contribution in [0.2, 0.25) is 0 Å². The minimum absolute atomic E-state index is 0.00125. The molecule has 1 aromatic rings. The van der Waals surface area contributed by atoms with Gasteiger partial charge in [-0.2, -0.15) is 4.98 Å². The summed E-state index contributed by atoms with van der Waals surface area (Å²) in [4.78, 5) is 19.9. The van der Waals surface area contributed by atoms with E-state index in [0.29, 0.717) is 12.3 Å². The van der Waals surface area contributed by atoms with Crippen LogP contribution >= 0.6 is 0 Å². The Morgan fingerprint density at radius 1 is 1.50 bits per heavy atom. The number of aromatic nitrogens is 2. The Labute approximate surface area is 119 Å². The fourth-order valence-electron chi connectivity index (χ4n) is 1.87. The Balaban J connectivity index is 3.01. The van der Waals surface area contributed by atoms with Gasteiger partial charge in [0.05, 0.1) is 6.10 Å². The highest BCUT2D eigenvalue weighted by Gasteiger charge is 2.33. The molecule has 0 saturated carbocycles. The minimum Gasteiger partial charge on any atom is -0.480 e. The molecule has 2 N–H and O–H groups in total. The topological polar surface area (TPSA) is 84.3 Å². The molecule has 6 nitrogen and oxygen atoms in total. The van der Waals surface area contributed by atoms with Gasteiger partial charge in [0.15, 0.2) is 0 Å². The molecule has 1 atom stereocenters. The van der Waals surface area contributed by atoms with Crippen LogP contribution in [0.15, 0.2) is 6.07 Å². The fourth-order valence-corrected chi connectivity index (χ4v) is 1.87. The van der Waals surface area contributed by atoms with Crippen LogP contribution < -0.4 is 10.1 Å². The molecule has 20 heavy (non-hydrogen) atoms. The van der Waals surface area contributed by atoms with E-state index in [0.717, 1.165) is 12.1 Å². The summed E-state index contributed by atoms with van der Waals surface area (Å²) >= 11 is 0. The quantitative estimate of drug-likeness (QED) is 0.799. The van der Waals surface area contributed by atoms with Crippen molar-refractivity contribution < 1.29 is 14.6 Å². The maximum absolute atomic E-state index is 11.4. The van der Waals surface area contributed by atoms with Crippen LogP contribution in [0.5, 0.6) is 5.88 Å². The first-order chi connectivity index (χ1) is 9.26. The normalized spacial score (nSPS) is 13.9. The van der Waals surface area contributed by atoms with E-state index in [9.17, 15) is 9.90 Å². The first kappa shape index (κ1) is 16.2. The second-order valence-electron chi connectivity index (χ2n) is 5.35. The van der Waals surface area contributed by atoms with Gasteiger partial charge in [-0.1, -0.05) is 13.3 Å². The SMILES string of the molecule is CCCC(C)(Nc1nc(C)cc(OC(C)C)n1)C(=O)O. The molecule has 0 spiro atoms. The Bertz CT molecular complexity index is 477. The van der Waals surface area contributed by atoms with Crippen molar-refractivity contribution in [2.45, 2.75) is 59.1 Å². The van der Waals surface area contributed by atoms with Gasteiger partial charge in [-0.3, -0.25) is 0 Å². The summed E-state index contributed by atoms with van der Waals surface area (Å²) < 4.78 is 5.53. The monoisotopic (exact) mass is 281 g/mol. The largest absolute Gasteiger partial charge is 0.480 e. The third-order valence-corrected chi connectivity index (χ3v) is 2.80. The van der Waals surface area contributed by atoms with Crippen LogP contribution in [0.1, 0.15) is 46.2 Å². The predicted octanol–water partition coefficient (Wildman–Crippen LogP) is 2.63. The maximum atomic E-state index is 11.4. The minimum atomic E-state index is -1.09. The van der Waals surface area contributed by atoms with Crippen LogP contribution in [0.4, 0.5) is 5.95 Å². The number of nitrogens with one attached hydrogen (secondary N) is 1. The number of carboxylic acid groups (broad SMARTS) is 1. The first-order valence-corrected chi connectivity index (χ1v) is 6.80. The third kappa shape index (κ3) is 4.36. The molecule has 1 heterocycles. The number of rotatable bonds is 7. The zero-order valence-electron chi connectivity index (χ0n) is 12.7. The van der Waals surface area contributed by atoms with Gasteiger partial charge in [0.2, 0.25) is 11.8 Å². The summed E-state index contributed by atoms with van der Waals surface area (Å²) in [5, 5.41) is 12.3. The molecular formula is C14H23N3O3. The third-order valence-electron chi connectivity index (χ3n) is 2.80. The summed E-state index contributed by atoms with van der Waals surface area (Å²) in [6.45, 7) is 9.20. The van der Waals surface area contributed by atoms with E-state index >= 15 is 0 Å². The highest BCUT2D eigenvalue weighted by Crippen LogP contribution is 2.20. The number of nitrogens with zero attached hydrogens (tertiary/aromatic N) is 2. The average molecular weight is 281 g/mol. The number of hydrogen-bond acceptors (Lipinski definition) is 5. The van der Waals surface area contributed by atoms with E-state index in [-0.39, 0.29) is 12.1 Å². The molecule has 0 saturated heterocycles. The molecule has 0 aliphatic rings.